The summed E-state index contributed by atoms with van der Waals surface area (Å²) in [6, 6.07) is 8.13. The number of imidazole rings is 1. The molecule has 1 aromatic carbocycles. The standard InChI is InChI=1S/C15H21N3O2/c1-4-20-14(19)9-10-16-11(2)15-17-12-7-5-6-8-13(12)18(15)3/h5-8,11,16H,4,9-10H2,1-3H3. The third-order valence-corrected chi connectivity index (χ3v) is 3.29. The van der Waals surface area contributed by atoms with Crippen LogP contribution in [0.5, 0.6) is 0 Å². The van der Waals surface area contributed by atoms with Crippen molar-refractivity contribution in [3.63, 3.8) is 0 Å². The Morgan fingerprint density at radius 3 is 2.90 bits per heavy atom. The van der Waals surface area contributed by atoms with E-state index < -0.39 is 0 Å². The second-order valence-corrected chi connectivity index (χ2v) is 4.75. The second-order valence-electron chi connectivity index (χ2n) is 4.75. The Hall–Kier alpha value is -1.88. The van der Waals surface area contributed by atoms with Crippen molar-refractivity contribution < 1.29 is 9.53 Å². The van der Waals surface area contributed by atoms with E-state index in [0.717, 1.165) is 16.9 Å². The first-order valence-corrected chi connectivity index (χ1v) is 6.93. The molecule has 2 aromatic rings. The van der Waals surface area contributed by atoms with Gasteiger partial charge in [0.1, 0.15) is 5.82 Å². The molecule has 0 radical (unpaired) electrons. The fourth-order valence-corrected chi connectivity index (χ4v) is 2.27. The maximum absolute atomic E-state index is 11.3. The summed E-state index contributed by atoms with van der Waals surface area (Å²) in [6.45, 7) is 4.88. The molecule has 0 aliphatic carbocycles. The minimum atomic E-state index is -0.169. The van der Waals surface area contributed by atoms with E-state index in [2.05, 4.69) is 20.9 Å². The van der Waals surface area contributed by atoms with Crippen LogP contribution in [0.3, 0.4) is 0 Å². The molecule has 2 rings (SSSR count). The zero-order valence-electron chi connectivity index (χ0n) is 12.2. The van der Waals surface area contributed by atoms with Gasteiger partial charge in [-0.1, -0.05) is 12.1 Å². The van der Waals surface area contributed by atoms with E-state index in [0.29, 0.717) is 19.6 Å². The number of nitrogens with one attached hydrogen (secondary N) is 1. The summed E-state index contributed by atoms with van der Waals surface area (Å²) in [5, 5.41) is 3.31. The predicted octanol–water partition coefficient (Wildman–Crippen LogP) is 2.18. The van der Waals surface area contributed by atoms with Crippen molar-refractivity contribution in [2.24, 2.45) is 7.05 Å². The van der Waals surface area contributed by atoms with Crippen LogP contribution < -0.4 is 5.32 Å². The molecule has 0 amide bonds. The summed E-state index contributed by atoms with van der Waals surface area (Å²) < 4.78 is 6.98. The smallest absolute Gasteiger partial charge is 0.307 e. The summed E-state index contributed by atoms with van der Waals surface area (Å²) >= 11 is 0. The van der Waals surface area contributed by atoms with E-state index in [4.69, 9.17) is 4.74 Å². The molecule has 20 heavy (non-hydrogen) atoms. The highest BCUT2D eigenvalue weighted by Gasteiger charge is 2.14. The van der Waals surface area contributed by atoms with Gasteiger partial charge in [-0.15, -0.1) is 0 Å². The summed E-state index contributed by atoms with van der Waals surface area (Å²) in [7, 11) is 2.01. The molecule has 0 saturated heterocycles. The van der Waals surface area contributed by atoms with Gasteiger partial charge in [-0.3, -0.25) is 4.79 Å². The van der Waals surface area contributed by atoms with Gasteiger partial charge in [0.15, 0.2) is 0 Å². The lowest BCUT2D eigenvalue weighted by Crippen LogP contribution is -2.24. The zero-order valence-corrected chi connectivity index (χ0v) is 12.2. The van der Waals surface area contributed by atoms with Crippen LogP contribution in [0.4, 0.5) is 0 Å². The summed E-state index contributed by atoms with van der Waals surface area (Å²) in [6.07, 6.45) is 0.377. The third-order valence-electron chi connectivity index (χ3n) is 3.29. The van der Waals surface area contributed by atoms with Gasteiger partial charge in [0.2, 0.25) is 0 Å². The van der Waals surface area contributed by atoms with Crippen molar-refractivity contribution in [2.45, 2.75) is 26.3 Å². The van der Waals surface area contributed by atoms with Gasteiger partial charge in [0, 0.05) is 13.6 Å². The van der Waals surface area contributed by atoms with E-state index in [1.54, 1.807) is 0 Å². The summed E-state index contributed by atoms with van der Waals surface area (Å²) in [4.78, 5) is 15.9. The number of rotatable bonds is 6. The molecule has 1 aromatic heterocycles. The molecule has 1 atom stereocenters. The lowest BCUT2D eigenvalue weighted by atomic mass is 10.3. The second kappa shape index (κ2) is 6.52. The van der Waals surface area contributed by atoms with Gasteiger partial charge in [-0.25, -0.2) is 4.98 Å². The van der Waals surface area contributed by atoms with Crippen molar-refractivity contribution in [3.8, 4) is 0 Å². The first kappa shape index (κ1) is 14.5. The molecular formula is C15H21N3O2. The fourth-order valence-electron chi connectivity index (χ4n) is 2.27. The molecule has 5 nitrogen and oxygen atoms in total. The van der Waals surface area contributed by atoms with Crippen molar-refractivity contribution in [1.29, 1.82) is 0 Å². The van der Waals surface area contributed by atoms with Gasteiger partial charge in [-0.2, -0.15) is 0 Å². The topological polar surface area (TPSA) is 56.1 Å². The number of fused-ring (bicyclic) bond motifs is 1. The molecule has 0 spiro atoms. The van der Waals surface area contributed by atoms with Gasteiger partial charge in [0.05, 0.1) is 30.1 Å². The number of ether oxygens (including phenoxy) is 1. The van der Waals surface area contributed by atoms with Crippen molar-refractivity contribution in [1.82, 2.24) is 14.9 Å². The molecule has 0 bridgehead atoms. The molecule has 1 unspecified atom stereocenters. The van der Waals surface area contributed by atoms with Crippen molar-refractivity contribution >= 4 is 17.0 Å². The first-order chi connectivity index (χ1) is 9.63. The Bertz CT molecular complexity index is 592. The van der Waals surface area contributed by atoms with E-state index >= 15 is 0 Å². The molecule has 0 saturated carbocycles. The van der Waals surface area contributed by atoms with Crippen LogP contribution >= 0.6 is 0 Å². The van der Waals surface area contributed by atoms with E-state index in [9.17, 15) is 4.79 Å². The quantitative estimate of drug-likeness (QED) is 0.821. The Morgan fingerprint density at radius 1 is 1.45 bits per heavy atom. The number of esters is 1. The average Bonchev–Trinajstić information content (AvgIpc) is 2.77. The van der Waals surface area contributed by atoms with Gasteiger partial charge in [0.25, 0.3) is 0 Å². The highest BCUT2D eigenvalue weighted by molar-refractivity contribution is 5.75. The molecule has 0 aliphatic rings. The number of para-hydroxylation sites is 2. The normalized spacial score (nSPS) is 12.6. The largest absolute Gasteiger partial charge is 0.466 e. The average molecular weight is 275 g/mol. The Balaban J connectivity index is 1.99. The SMILES string of the molecule is CCOC(=O)CCNC(C)c1nc2ccccc2n1C. The Morgan fingerprint density at radius 2 is 2.20 bits per heavy atom. The summed E-state index contributed by atoms with van der Waals surface area (Å²) in [5.74, 6) is 0.798. The van der Waals surface area contributed by atoms with Gasteiger partial charge >= 0.3 is 5.97 Å². The van der Waals surface area contributed by atoms with Crippen molar-refractivity contribution in [3.05, 3.63) is 30.1 Å². The monoisotopic (exact) mass is 275 g/mol. The molecular weight excluding hydrogens is 254 g/mol. The zero-order chi connectivity index (χ0) is 14.5. The van der Waals surface area contributed by atoms with Crippen LogP contribution in [-0.4, -0.2) is 28.7 Å². The number of hydrogen-bond acceptors (Lipinski definition) is 4. The Labute approximate surface area is 118 Å². The maximum Gasteiger partial charge on any atom is 0.307 e. The first-order valence-electron chi connectivity index (χ1n) is 6.93. The van der Waals surface area contributed by atoms with Crippen LogP contribution in [0.25, 0.3) is 11.0 Å². The molecule has 108 valence electrons. The van der Waals surface area contributed by atoms with Gasteiger partial charge in [-0.05, 0) is 26.0 Å². The highest BCUT2D eigenvalue weighted by Crippen LogP contribution is 2.18. The van der Waals surface area contributed by atoms with Crippen LogP contribution in [0.15, 0.2) is 24.3 Å². The minimum Gasteiger partial charge on any atom is -0.466 e. The number of carbonyl (C=O) groups is 1. The number of aromatic nitrogens is 2. The predicted molar refractivity (Wildman–Crippen MR) is 78.4 cm³/mol. The number of carbonyl (C=O) groups excluding carboxylic acids is 1. The molecule has 0 aliphatic heterocycles. The molecule has 1 N–H and O–H groups in total. The Kier molecular flexibility index (Phi) is 4.74. The van der Waals surface area contributed by atoms with Crippen LogP contribution in [-0.2, 0) is 16.6 Å². The number of aryl methyl sites for hydroxylation is 1. The van der Waals surface area contributed by atoms with Crippen LogP contribution in [0.1, 0.15) is 32.1 Å². The molecule has 0 fully saturated rings. The fraction of sp³-hybridized carbons (Fsp3) is 0.467. The maximum atomic E-state index is 11.3. The van der Waals surface area contributed by atoms with E-state index in [1.807, 2.05) is 39.1 Å². The number of hydrogen-bond donors (Lipinski definition) is 1. The summed E-state index contributed by atoms with van der Waals surface area (Å²) in [5.41, 5.74) is 2.10. The minimum absolute atomic E-state index is 0.0850. The van der Waals surface area contributed by atoms with Crippen molar-refractivity contribution in [2.75, 3.05) is 13.2 Å². The third kappa shape index (κ3) is 3.17. The van der Waals surface area contributed by atoms with Crippen LogP contribution in [0.2, 0.25) is 0 Å². The van der Waals surface area contributed by atoms with Crippen LogP contribution in [0, 0.1) is 0 Å². The van der Waals surface area contributed by atoms with E-state index in [1.165, 1.54) is 0 Å². The van der Waals surface area contributed by atoms with Gasteiger partial charge < -0.3 is 14.6 Å². The lowest BCUT2D eigenvalue weighted by Gasteiger charge is -2.13. The highest BCUT2D eigenvalue weighted by atomic mass is 16.5. The lowest BCUT2D eigenvalue weighted by molar-refractivity contribution is -0.143. The van der Waals surface area contributed by atoms with E-state index in [-0.39, 0.29) is 12.0 Å². The number of benzene rings is 1. The molecule has 5 heteroatoms. The number of nitrogens with zero attached hydrogens (tertiary/aromatic N) is 2. The molecule has 1 heterocycles.